The molecule has 1 atom stereocenters. The van der Waals surface area contributed by atoms with Crippen LogP contribution in [0.25, 0.3) is 0 Å². The van der Waals surface area contributed by atoms with Gasteiger partial charge in [-0.15, -0.1) is 0 Å². The molecule has 3 rings (SSSR count). The molecule has 1 aromatic carbocycles. The molecule has 0 saturated carbocycles. The molecule has 0 radical (unpaired) electrons. The maximum atomic E-state index is 13.2. The molecule has 2 aliphatic rings. The molecule has 22 heavy (non-hydrogen) atoms. The van der Waals surface area contributed by atoms with Crippen LogP contribution in [-0.2, 0) is 0 Å². The number of hydrogen-bond acceptors (Lipinski definition) is 4. The summed E-state index contributed by atoms with van der Waals surface area (Å²) in [6, 6.07) is 4.43. The number of rotatable bonds is 3. The highest BCUT2D eigenvalue weighted by Crippen LogP contribution is 2.28. The molecule has 1 amide bonds. The molecule has 4 nitrogen and oxygen atoms in total. The average Bonchev–Trinajstić information content (AvgIpc) is 2.99. The lowest BCUT2D eigenvalue weighted by molar-refractivity contribution is 0.0906. The van der Waals surface area contributed by atoms with Crippen molar-refractivity contribution in [2.75, 3.05) is 13.1 Å². The Morgan fingerprint density at radius 3 is 2.91 bits per heavy atom. The van der Waals surface area contributed by atoms with Gasteiger partial charge in [0, 0.05) is 17.8 Å². The molecule has 118 valence electrons. The second kappa shape index (κ2) is 6.89. The Bertz CT molecular complexity index is 592. The van der Waals surface area contributed by atoms with Gasteiger partial charge in [-0.05, 0) is 49.5 Å². The standard InChI is InChI=1S/C15H17ClFN3OS/c16-12-9-10(1-2-13(12)17)14(21)19-15-20(7-8-22-15)11-3-5-18-6-4-11/h1-2,7-9,11,15,18H,3-6H2,(H,19,21). The summed E-state index contributed by atoms with van der Waals surface area (Å²) in [5.41, 5.74) is 0.239. The Balaban J connectivity index is 1.66. The molecule has 1 aromatic rings. The van der Waals surface area contributed by atoms with Crippen LogP contribution in [0.1, 0.15) is 23.2 Å². The van der Waals surface area contributed by atoms with Crippen molar-refractivity contribution in [3.05, 3.63) is 46.2 Å². The summed E-state index contributed by atoms with van der Waals surface area (Å²) in [6.45, 7) is 1.99. The van der Waals surface area contributed by atoms with Crippen molar-refractivity contribution in [1.82, 2.24) is 15.5 Å². The van der Waals surface area contributed by atoms with Crippen molar-refractivity contribution in [3.63, 3.8) is 0 Å². The molecule has 2 aliphatic heterocycles. The lowest BCUT2D eigenvalue weighted by Gasteiger charge is -2.36. The van der Waals surface area contributed by atoms with Crippen LogP contribution in [0.4, 0.5) is 4.39 Å². The van der Waals surface area contributed by atoms with Gasteiger partial charge in [-0.1, -0.05) is 23.4 Å². The summed E-state index contributed by atoms with van der Waals surface area (Å²) < 4.78 is 13.2. The minimum Gasteiger partial charge on any atom is -0.345 e. The van der Waals surface area contributed by atoms with Gasteiger partial charge >= 0.3 is 0 Å². The van der Waals surface area contributed by atoms with Gasteiger partial charge in [0.15, 0.2) is 5.50 Å². The van der Waals surface area contributed by atoms with E-state index >= 15 is 0 Å². The highest BCUT2D eigenvalue weighted by atomic mass is 35.5. The van der Waals surface area contributed by atoms with Gasteiger partial charge < -0.3 is 15.5 Å². The Labute approximate surface area is 138 Å². The van der Waals surface area contributed by atoms with Crippen LogP contribution in [0.5, 0.6) is 0 Å². The van der Waals surface area contributed by atoms with E-state index in [1.54, 1.807) is 11.8 Å². The molecule has 1 fully saturated rings. The Hall–Kier alpha value is -1.24. The molecule has 7 heteroatoms. The second-order valence-corrected chi connectivity index (χ2v) is 6.70. The molecule has 1 saturated heterocycles. The first kappa shape index (κ1) is 15.6. The van der Waals surface area contributed by atoms with E-state index in [9.17, 15) is 9.18 Å². The van der Waals surface area contributed by atoms with Crippen molar-refractivity contribution in [1.29, 1.82) is 0 Å². The lowest BCUT2D eigenvalue weighted by Crippen LogP contribution is -2.49. The van der Waals surface area contributed by atoms with Crippen LogP contribution < -0.4 is 10.6 Å². The zero-order valence-electron chi connectivity index (χ0n) is 11.9. The van der Waals surface area contributed by atoms with E-state index in [2.05, 4.69) is 15.5 Å². The third-order valence-corrected chi connectivity index (χ3v) is 5.07. The fraction of sp³-hybridized carbons (Fsp3) is 0.400. The van der Waals surface area contributed by atoms with Gasteiger partial charge in [-0.3, -0.25) is 4.79 Å². The van der Waals surface area contributed by atoms with Gasteiger partial charge in [0.2, 0.25) is 0 Å². The number of benzene rings is 1. The van der Waals surface area contributed by atoms with Crippen LogP contribution in [0, 0.1) is 5.82 Å². The summed E-state index contributed by atoms with van der Waals surface area (Å²) in [6.07, 6.45) is 4.14. The highest BCUT2D eigenvalue weighted by Gasteiger charge is 2.29. The van der Waals surface area contributed by atoms with E-state index in [4.69, 9.17) is 11.6 Å². The monoisotopic (exact) mass is 341 g/mol. The van der Waals surface area contributed by atoms with E-state index in [1.807, 2.05) is 11.6 Å². The predicted molar refractivity (Wildman–Crippen MR) is 87.1 cm³/mol. The molecule has 1 unspecified atom stereocenters. The molecular formula is C15H17ClFN3OS. The lowest BCUT2D eigenvalue weighted by atomic mass is 10.1. The number of nitrogens with one attached hydrogen (secondary N) is 2. The van der Waals surface area contributed by atoms with E-state index in [-0.39, 0.29) is 16.4 Å². The van der Waals surface area contributed by atoms with Crippen LogP contribution in [0.3, 0.4) is 0 Å². The van der Waals surface area contributed by atoms with Gasteiger partial charge in [-0.25, -0.2) is 4.39 Å². The number of thioether (sulfide) groups is 1. The zero-order chi connectivity index (χ0) is 15.5. The summed E-state index contributed by atoms with van der Waals surface area (Å²) >= 11 is 7.30. The number of carbonyl (C=O) groups is 1. The maximum absolute atomic E-state index is 13.2. The first-order chi connectivity index (χ1) is 10.6. The SMILES string of the molecule is O=C(NC1SC=CN1C1CCNCC1)c1ccc(F)c(Cl)c1. The summed E-state index contributed by atoms with van der Waals surface area (Å²) in [7, 11) is 0. The molecule has 2 N–H and O–H groups in total. The van der Waals surface area contributed by atoms with Gasteiger partial charge in [0.05, 0.1) is 5.02 Å². The number of hydrogen-bond donors (Lipinski definition) is 2. The molecule has 2 heterocycles. The minimum absolute atomic E-state index is 0.0416. The average molecular weight is 342 g/mol. The van der Waals surface area contributed by atoms with Crippen molar-refractivity contribution < 1.29 is 9.18 Å². The maximum Gasteiger partial charge on any atom is 0.253 e. The van der Waals surface area contributed by atoms with Crippen molar-refractivity contribution in [3.8, 4) is 0 Å². The molecule has 0 spiro atoms. The minimum atomic E-state index is -0.522. The van der Waals surface area contributed by atoms with Crippen LogP contribution >= 0.6 is 23.4 Å². The first-order valence-electron chi connectivity index (χ1n) is 7.21. The smallest absolute Gasteiger partial charge is 0.253 e. The van der Waals surface area contributed by atoms with Gasteiger partial charge in [0.25, 0.3) is 5.91 Å². The van der Waals surface area contributed by atoms with Crippen LogP contribution in [0.2, 0.25) is 5.02 Å². The first-order valence-corrected chi connectivity index (χ1v) is 8.53. The highest BCUT2D eigenvalue weighted by molar-refractivity contribution is 8.02. The van der Waals surface area contributed by atoms with E-state index in [1.165, 1.54) is 18.2 Å². The van der Waals surface area contributed by atoms with Crippen molar-refractivity contribution >= 4 is 29.3 Å². The number of carbonyl (C=O) groups excluding carboxylic acids is 1. The molecule has 0 aromatic heterocycles. The fourth-order valence-corrected chi connectivity index (χ4v) is 3.79. The predicted octanol–water partition coefficient (Wildman–Crippen LogP) is 2.76. The number of amides is 1. The third kappa shape index (κ3) is 3.39. The van der Waals surface area contributed by atoms with Crippen molar-refractivity contribution in [2.45, 2.75) is 24.4 Å². The summed E-state index contributed by atoms with van der Waals surface area (Å²) in [5.74, 6) is -0.770. The van der Waals surface area contributed by atoms with Crippen molar-refractivity contribution in [2.24, 2.45) is 0 Å². The fourth-order valence-electron chi connectivity index (χ4n) is 2.69. The summed E-state index contributed by atoms with van der Waals surface area (Å²) in [4.78, 5) is 14.5. The largest absolute Gasteiger partial charge is 0.345 e. The third-order valence-electron chi connectivity index (χ3n) is 3.88. The Morgan fingerprint density at radius 2 is 2.18 bits per heavy atom. The van der Waals surface area contributed by atoms with Gasteiger partial charge in [-0.2, -0.15) is 0 Å². The Kier molecular flexibility index (Phi) is 4.90. The van der Waals surface area contributed by atoms with E-state index in [0.29, 0.717) is 11.6 Å². The van der Waals surface area contributed by atoms with E-state index in [0.717, 1.165) is 25.9 Å². The normalized spacial score (nSPS) is 22.1. The second-order valence-electron chi connectivity index (χ2n) is 5.30. The van der Waals surface area contributed by atoms with Crippen LogP contribution in [0.15, 0.2) is 29.8 Å². The number of nitrogens with zero attached hydrogens (tertiary/aromatic N) is 1. The molecular weight excluding hydrogens is 325 g/mol. The summed E-state index contributed by atoms with van der Waals surface area (Å²) in [5, 5.41) is 8.26. The van der Waals surface area contributed by atoms with Crippen LogP contribution in [-0.4, -0.2) is 35.4 Å². The number of piperidine rings is 1. The Morgan fingerprint density at radius 1 is 1.41 bits per heavy atom. The topological polar surface area (TPSA) is 44.4 Å². The quantitative estimate of drug-likeness (QED) is 0.887. The zero-order valence-corrected chi connectivity index (χ0v) is 13.5. The number of halogens is 2. The van der Waals surface area contributed by atoms with Gasteiger partial charge in [0.1, 0.15) is 5.82 Å². The molecule has 0 aliphatic carbocycles. The van der Waals surface area contributed by atoms with E-state index < -0.39 is 5.82 Å². The molecule has 0 bridgehead atoms.